The Balaban J connectivity index is 3.31. The zero-order valence-electron chi connectivity index (χ0n) is 12.4. The minimum absolute atomic E-state index is 0.0204. The molecule has 0 saturated heterocycles. The molecular weight excluding hydrogens is 300 g/mol. The summed E-state index contributed by atoms with van der Waals surface area (Å²) in [5.74, 6) is -2.58. The zero-order valence-corrected chi connectivity index (χ0v) is 13.3. The second-order valence-electron chi connectivity index (χ2n) is 5.02. The molecule has 0 aromatic heterocycles. The Morgan fingerprint density at radius 3 is 2.38 bits per heavy atom. The summed E-state index contributed by atoms with van der Waals surface area (Å²) >= 11 is 0. The minimum atomic E-state index is -4.13. The second kappa shape index (κ2) is 7.29. The number of hydrogen-bond acceptors (Lipinski definition) is 3. The van der Waals surface area contributed by atoms with Crippen molar-refractivity contribution in [3.05, 3.63) is 29.3 Å². The van der Waals surface area contributed by atoms with Crippen molar-refractivity contribution < 1.29 is 22.3 Å². The van der Waals surface area contributed by atoms with E-state index in [-0.39, 0.29) is 24.6 Å². The molecule has 0 spiro atoms. The Morgan fingerprint density at radius 2 is 1.90 bits per heavy atom. The molecule has 7 heteroatoms. The lowest BCUT2D eigenvalue weighted by molar-refractivity contribution is 0.280. The first kappa shape index (κ1) is 18.0. The van der Waals surface area contributed by atoms with E-state index in [1.54, 1.807) is 6.92 Å². The number of hydrogen-bond donors (Lipinski definition) is 1. The van der Waals surface area contributed by atoms with Gasteiger partial charge in [0, 0.05) is 13.1 Å². The third-order valence-electron chi connectivity index (χ3n) is 3.42. The largest absolute Gasteiger partial charge is 0.392 e. The summed E-state index contributed by atoms with van der Waals surface area (Å²) in [5, 5.41) is 9.02. The predicted molar refractivity (Wildman–Crippen MR) is 76.2 cm³/mol. The third kappa shape index (κ3) is 3.99. The van der Waals surface area contributed by atoms with Crippen LogP contribution in [0.2, 0.25) is 0 Å². The normalized spacial score (nSPS) is 13.7. The maximum atomic E-state index is 13.9. The van der Waals surface area contributed by atoms with E-state index in [2.05, 4.69) is 0 Å². The Labute approximate surface area is 124 Å². The van der Waals surface area contributed by atoms with Crippen LogP contribution >= 0.6 is 0 Å². The minimum Gasteiger partial charge on any atom is -0.392 e. The molecule has 0 heterocycles. The molecule has 0 amide bonds. The summed E-state index contributed by atoms with van der Waals surface area (Å²) < 4.78 is 53.5. The van der Waals surface area contributed by atoms with Gasteiger partial charge in [-0.1, -0.05) is 27.2 Å². The van der Waals surface area contributed by atoms with Gasteiger partial charge in [-0.3, -0.25) is 0 Å². The molecule has 1 aromatic rings. The molecule has 1 rings (SSSR count). The van der Waals surface area contributed by atoms with Crippen molar-refractivity contribution >= 4 is 10.0 Å². The lowest BCUT2D eigenvalue weighted by Gasteiger charge is -2.24. The van der Waals surface area contributed by atoms with Gasteiger partial charge in [0.2, 0.25) is 10.0 Å². The summed E-state index contributed by atoms with van der Waals surface area (Å²) in [4.78, 5) is -0.725. The molecule has 1 atom stereocenters. The highest BCUT2D eigenvalue weighted by molar-refractivity contribution is 7.89. The average Bonchev–Trinajstić information content (AvgIpc) is 2.46. The molecule has 0 saturated carbocycles. The van der Waals surface area contributed by atoms with E-state index in [1.807, 2.05) is 13.8 Å². The summed E-state index contributed by atoms with van der Waals surface area (Å²) in [6.45, 7) is 5.30. The SMILES string of the molecule is CCC(C)CN(CC)S(=O)(=O)c1cc(CO)cc(F)c1F. The fourth-order valence-corrected chi connectivity index (χ4v) is 3.60. The lowest BCUT2D eigenvalue weighted by atomic mass is 10.1. The molecule has 0 aliphatic carbocycles. The van der Waals surface area contributed by atoms with E-state index < -0.39 is 33.2 Å². The van der Waals surface area contributed by atoms with Gasteiger partial charge in [-0.05, 0) is 23.6 Å². The van der Waals surface area contributed by atoms with Crippen molar-refractivity contribution in [2.24, 2.45) is 5.92 Å². The first-order chi connectivity index (χ1) is 9.77. The molecule has 0 aliphatic rings. The van der Waals surface area contributed by atoms with Gasteiger partial charge in [0.25, 0.3) is 0 Å². The van der Waals surface area contributed by atoms with Crippen LogP contribution in [0.4, 0.5) is 8.78 Å². The van der Waals surface area contributed by atoms with Crippen LogP contribution in [-0.2, 0) is 16.6 Å². The summed E-state index contributed by atoms with van der Waals surface area (Å²) in [7, 11) is -4.13. The highest BCUT2D eigenvalue weighted by Crippen LogP contribution is 2.24. The number of aliphatic hydroxyl groups is 1. The van der Waals surface area contributed by atoms with Crippen LogP contribution < -0.4 is 0 Å². The van der Waals surface area contributed by atoms with Crippen LogP contribution in [-0.4, -0.2) is 30.9 Å². The van der Waals surface area contributed by atoms with E-state index in [4.69, 9.17) is 5.11 Å². The molecule has 1 N–H and O–H groups in total. The van der Waals surface area contributed by atoms with Crippen molar-refractivity contribution in [1.82, 2.24) is 4.31 Å². The first-order valence-corrected chi connectivity index (χ1v) is 8.30. The van der Waals surface area contributed by atoms with Gasteiger partial charge in [-0.2, -0.15) is 4.31 Å². The number of benzene rings is 1. The molecule has 4 nitrogen and oxygen atoms in total. The number of nitrogens with zero attached hydrogens (tertiary/aromatic N) is 1. The van der Waals surface area contributed by atoms with Crippen molar-refractivity contribution in [3.8, 4) is 0 Å². The maximum Gasteiger partial charge on any atom is 0.246 e. The van der Waals surface area contributed by atoms with Gasteiger partial charge in [-0.25, -0.2) is 17.2 Å². The summed E-state index contributed by atoms with van der Waals surface area (Å²) in [6, 6.07) is 1.77. The van der Waals surface area contributed by atoms with E-state index >= 15 is 0 Å². The van der Waals surface area contributed by atoms with Crippen LogP contribution in [0.5, 0.6) is 0 Å². The molecule has 0 aliphatic heterocycles. The molecule has 120 valence electrons. The summed E-state index contributed by atoms with van der Waals surface area (Å²) in [6.07, 6.45) is 0.777. The van der Waals surface area contributed by atoms with Crippen LogP contribution in [0, 0.1) is 17.6 Å². The lowest BCUT2D eigenvalue weighted by Crippen LogP contribution is -2.35. The van der Waals surface area contributed by atoms with Gasteiger partial charge < -0.3 is 5.11 Å². The Hall–Kier alpha value is -1.05. The van der Waals surface area contributed by atoms with Crippen LogP contribution in [0.15, 0.2) is 17.0 Å². The first-order valence-electron chi connectivity index (χ1n) is 6.86. The Kier molecular flexibility index (Phi) is 6.24. The van der Waals surface area contributed by atoms with Gasteiger partial charge in [0.05, 0.1) is 6.61 Å². The Morgan fingerprint density at radius 1 is 1.29 bits per heavy atom. The van der Waals surface area contributed by atoms with Gasteiger partial charge in [-0.15, -0.1) is 0 Å². The predicted octanol–water partition coefficient (Wildman–Crippen LogP) is 2.51. The van der Waals surface area contributed by atoms with E-state index in [0.29, 0.717) is 0 Å². The van der Waals surface area contributed by atoms with Crippen molar-refractivity contribution in [3.63, 3.8) is 0 Å². The highest BCUT2D eigenvalue weighted by Gasteiger charge is 2.29. The number of aliphatic hydroxyl groups excluding tert-OH is 1. The van der Waals surface area contributed by atoms with Crippen molar-refractivity contribution in [2.75, 3.05) is 13.1 Å². The van der Waals surface area contributed by atoms with E-state index in [0.717, 1.165) is 22.9 Å². The maximum absolute atomic E-state index is 13.9. The molecule has 0 fully saturated rings. The van der Waals surface area contributed by atoms with Crippen LogP contribution in [0.3, 0.4) is 0 Å². The quantitative estimate of drug-likeness (QED) is 0.839. The second-order valence-corrected chi connectivity index (χ2v) is 6.92. The zero-order chi connectivity index (χ0) is 16.2. The Bertz CT molecular complexity index is 590. The summed E-state index contributed by atoms with van der Waals surface area (Å²) in [5.41, 5.74) is 0.0204. The molecule has 1 unspecified atom stereocenters. The van der Waals surface area contributed by atoms with Gasteiger partial charge >= 0.3 is 0 Å². The van der Waals surface area contributed by atoms with E-state index in [1.165, 1.54) is 0 Å². The highest BCUT2D eigenvalue weighted by atomic mass is 32.2. The van der Waals surface area contributed by atoms with Crippen molar-refractivity contribution in [2.45, 2.75) is 38.7 Å². The van der Waals surface area contributed by atoms with E-state index in [9.17, 15) is 17.2 Å². The average molecular weight is 321 g/mol. The topological polar surface area (TPSA) is 57.6 Å². The fourth-order valence-electron chi connectivity index (χ4n) is 1.91. The van der Waals surface area contributed by atoms with Gasteiger partial charge in [0.15, 0.2) is 11.6 Å². The number of rotatable bonds is 7. The molecular formula is C14H21F2NO3S. The smallest absolute Gasteiger partial charge is 0.246 e. The molecule has 21 heavy (non-hydrogen) atoms. The van der Waals surface area contributed by atoms with Gasteiger partial charge in [0.1, 0.15) is 4.90 Å². The molecule has 1 aromatic carbocycles. The number of sulfonamides is 1. The number of halogens is 2. The molecule has 0 radical (unpaired) electrons. The monoisotopic (exact) mass is 321 g/mol. The van der Waals surface area contributed by atoms with Crippen LogP contribution in [0.25, 0.3) is 0 Å². The standard InChI is InChI=1S/C14H21F2NO3S/c1-4-10(3)8-17(5-2)21(19,20)13-7-11(9-18)6-12(15)14(13)16/h6-7,10,18H,4-5,8-9H2,1-3H3. The third-order valence-corrected chi connectivity index (χ3v) is 5.36. The molecule has 0 bridgehead atoms. The fraction of sp³-hybridized carbons (Fsp3) is 0.571. The van der Waals surface area contributed by atoms with Crippen molar-refractivity contribution in [1.29, 1.82) is 0 Å². The van der Waals surface area contributed by atoms with Crippen LogP contribution in [0.1, 0.15) is 32.8 Å².